The Hall–Kier alpha value is -3.14. The number of rotatable bonds is 3. The number of hydrogen-bond acceptors (Lipinski definition) is 4. The van der Waals surface area contributed by atoms with Gasteiger partial charge in [-0.1, -0.05) is 32.0 Å². The fraction of sp³-hybridized carbons (Fsp3) is 0.217. The molecule has 0 amide bonds. The molecule has 1 aliphatic heterocycles. The Balaban J connectivity index is 1.95. The highest BCUT2D eigenvalue weighted by molar-refractivity contribution is 5.85. The second-order valence-electron chi connectivity index (χ2n) is 6.74. The third-order valence-electron chi connectivity index (χ3n) is 4.99. The maximum Gasteiger partial charge on any atom is 0.155 e. The van der Waals surface area contributed by atoms with Gasteiger partial charge in [0.05, 0.1) is 11.0 Å². The number of anilines is 1. The van der Waals surface area contributed by atoms with E-state index in [4.69, 9.17) is 20.1 Å². The van der Waals surface area contributed by atoms with Gasteiger partial charge in [0, 0.05) is 17.8 Å². The first-order valence-corrected chi connectivity index (χ1v) is 9.36. The minimum absolute atomic E-state index is 0.711. The van der Waals surface area contributed by atoms with Crippen molar-refractivity contribution < 1.29 is 4.42 Å². The maximum absolute atomic E-state index is 6.26. The second kappa shape index (κ2) is 6.88. The minimum atomic E-state index is 0.711. The lowest BCUT2D eigenvalue weighted by Gasteiger charge is -2.14. The smallest absolute Gasteiger partial charge is 0.155 e. The molecule has 0 bridgehead atoms. The lowest BCUT2D eigenvalue weighted by atomic mass is 9.99. The van der Waals surface area contributed by atoms with Crippen LogP contribution in [0.2, 0.25) is 0 Å². The van der Waals surface area contributed by atoms with Crippen LogP contribution >= 0.6 is 0 Å². The van der Waals surface area contributed by atoms with Crippen molar-refractivity contribution in [3.05, 3.63) is 70.6 Å². The molecular weight excluding hydrogens is 334 g/mol. The molecule has 0 aromatic heterocycles. The molecule has 2 aromatic carbocycles. The zero-order valence-corrected chi connectivity index (χ0v) is 15.9. The van der Waals surface area contributed by atoms with Crippen molar-refractivity contribution in [2.45, 2.75) is 33.6 Å². The molecule has 0 spiro atoms. The van der Waals surface area contributed by atoms with Crippen molar-refractivity contribution in [2.75, 3.05) is 5.73 Å². The van der Waals surface area contributed by atoms with E-state index in [2.05, 4.69) is 26.8 Å². The number of aromatic nitrogens is 1. The summed E-state index contributed by atoms with van der Waals surface area (Å²) in [6, 6.07) is 15.8. The van der Waals surface area contributed by atoms with Gasteiger partial charge < -0.3 is 10.2 Å². The molecule has 1 aliphatic carbocycles. The Bertz CT molecular complexity index is 1170. The third kappa shape index (κ3) is 3.08. The van der Waals surface area contributed by atoms with Gasteiger partial charge in [0.1, 0.15) is 11.2 Å². The van der Waals surface area contributed by atoms with Gasteiger partial charge in [-0.15, -0.1) is 0 Å². The fourth-order valence-corrected chi connectivity index (χ4v) is 3.57. The summed E-state index contributed by atoms with van der Waals surface area (Å²) in [4.78, 5) is 9.61. The van der Waals surface area contributed by atoms with Gasteiger partial charge in [-0.05, 0) is 54.7 Å². The summed E-state index contributed by atoms with van der Waals surface area (Å²) in [6.07, 6.45) is 1.76. The molecule has 0 atom stereocenters. The van der Waals surface area contributed by atoms with Crippen molar-refractivity contribution in [2.24, 2.45) is 4.99 Å². The first-order chi connectivity index (χ1) is 13.1. The van der Waals surface area contributed by atoms with Crippen molar-refractivity contribution in [3.63, 3.8) is 0 Å². The zero-order chi connectivity index (χ0) is 19.0. The quantitative estimate of drug-likeness (QED) is 0.406. The SMILES string of the molecule is CCc1c(N)cc2oc3cc(=Nc4ccccc4C)ccc-3nc2c1CC. The van der Waals surface area contributed by atoms with E-state index in [1.54, 1.807) is 0 Å². The van der Waals surface area contributed by atoms with Gasteiger partial charge in [-0.3, -0.25) is 0 Å². The highest BCUT2D eigenvalue weighted by atomic mass is 16.3. The summed E-state index contributed by atoms with van der Waals surface area (Å²) in [6.45, 7) is 6.30. The molecule has 27 heavy (non-hydrogen) atoms. The molecule has 136 valence electrons. The Morgan fingerprint density at radius 2 is 1.78 bits per heavy atom. The second-order valence-corrected chi connectivity index (χ2v) is 6.74. The summed E-state index contributed by atoms with van der Waals surface area (Å²) < 4.78 is 6.18. The summed E-state index contributed by atoms with van der Waals surface area (Å²) in [5, 5.41) is 0.843. The lowest BCUT2D eigenvalue weighted by Crippen LogP contribution is -2.05. The monoisotopic (exact) mass is 357 g/mol. The molecular formula is C23H23N3O. The Morgan fingerprint density at radius 3 is 2.52 bits per heavy atom. The van der Waals surface area contributed by atoms with Crippen LogP contribution < -0.4 is 11.1 Å². The van der Waals surface area contributed by atoms with Crippen LogP contribution in [0, 0.1) is 6.92 Å². The predicted molar refractivity (Wildman–Crippen MR) is 110 cm³/mol. The summed E-state index contributed by atoms with van der Waals surface area (Å²) >= 11 is 0. The van der Waals surface area contributed by atoms with Crippen molar-refractivity contribution in [3.8, 4) is 11.5 Å². The van der Waals surface area contributed by atoms with Gasteiger partial charge in [0.25, 0.3) is 0 Å². The van der Waals surface area contributed by atoms with Crippen LogP contribution in [-0.4, -0.2) is 4.98 Å². The number of para-hydroxylation sites is 1. The fourth-order valence-electron chi connectivity index (χ4n) is 3.57. The summed E-state index contributed by atoms with van der Waals surface area (Å²) in [5.41, 5.74) is 13.9. The number of hydrogen-bond donors (Lipinski definition) is 1. The standard InChI is InChI=1S/C23H23N3O/c1-4-16-17(5-2)23-22(13-18(16)24)27-21-12-15(10-11-20(21)26-23)25-19-9-7-6-8-14(19)3/h6-13H,4-5,24H2,1-3H3. The minimum Gasteiger partial charge on any atom is -0.453 e. The molecule has 4 rings (SSSR count). The zero-order valence-electron chi connectivity index (χ0n) is 15.9. The molecule has 2 N–H and O–H groups in total. The summed E-state index contributed by atoms with van der Waals surface area (Å²) in [7, 11) is 0. The number of nitrogens with two attached hydrogens (primary N) is 1. The van der Waals surface area contributed by atoms with Crippen LogP contribution in [0.15, 0.2) is 57.9 Å². The van der Waals surface area contributed by atoms with Gasteiger partial charge >= 0.3 is 0 Å². The van der Waals surface area contributed by atoms with E-state index in [1.807, 2.05) is 42.5 Å². The van der Waals surface area contributed by atoms with E-state index in [-0.39, 0.29) is 0 Å². The third-order valence-corrected chi connectivity index (χ3v) is 4.99. The van der Waals surface area contributed by atoms with Crippen LogP contribution in [-0.2, 0) is 12.8 Å². The van der Waals surface area contributed by atoms with Crippen molar-refractivity contribution in [1.29, 1.82) is 0 Å². The van der Waals surface area contributed by atoms with E-state index in [9.17, 15) is 0 Å². The van der Waals surface area contributed by atoms with Gasteiger partial charge in [0.2, 0.25) is 0 Å². The van der Waals surface area contributed by atoms with Crippen LogP contribution in [0.1, 0.15) is 30.5 Å². The maximum atomic E-state index is 6.26. The van der Waals surface area contributed by atoms with Crippen LogP contribution in [0.4, 0.5) is 11.4 Å². The number of aryl methyl sites for hydroxylation is 2. The number of nitrogen functional groups attached to an aromatic ring is 1. The van der Waals surface area contributed by atoms with E-state index in [0.717, 1.165) is 51.9 Å². The van der Waals surface area contributed by atoms with E-state index >= 15 is 0 Å². The Morgan fingerprint density at radius 1 is 1.00 bits per heavy atom. The molecule has 4 nitrogen and oxygen atoms in total. The number of nitrogens with zero attached hydrogens (tertiary/aromatic N) is 2. The summed E-state index contributed by atoms with van der Waals surface area (Å²) in [5.74, 6) is 0.711. The highest BCUT2D eigenvalue weighted by Gasteiger charge is 2.15. The van der Waals surface area contributed by atoms with E-state index in [0.29, 0.717) is 5.76 Å². The molecule has 4 heteroatoms. The average molecular weight is 357 g/mol. The first-order valence-electron chi connectivity index (χ1n) is 9.36. The molecule has 0 saturated carbocycles. The molecule has 0 saturated heterocycles. The van der Waals surface area contributed by atoms with Crippen LogP contribution in [0.5, 0.6) is 0 Å². The van der Waals surface area contributed by atoms with Crippen molar-refractivity contribution >= 4 is 22.5 Å². The first kappa shape index (κ1) is 17.3. The highest BCUT2D eigenvalue weighted by Crippen LogP contribution is 2.31. The molecule has 0 fully saturated rings. The topological polar surface area (TPSA) is 64.4 Å². The number of benzene rings is 3. The lowest BCUT2D eigenvalue weighted by molar-refractivity contribution is 0.611. The Kier molecular flexibility index (Phi) is 4.40. The normalized spacial score (nSPS) is 12.2. The van der Waals surface area contributed by atoms with Crippen LogP contribution in [0.3, 0.4) is 0 Å². The predicted octanol–water partition coefficient (Wildman–Crippen LogP) is 5.18. The number of fused-ring (bicyclic) bond motifs is 2. The molecule has 0 radical (unpaired) electrons. The molecule has 2 aliphatic rings. The van der Waals surface area contributed by atoms with Gasteiger partial charge in [-0.25, -0.2) is 9.98 Å². The molecule has 0 unspecified atom stereocenters. The molecule has 1 heterocycles. The van der Waals surface area contributed by atoms with Gasteiger partial charge in [0.15, 0.2) is 11.3 Å². The van der Waals surface area contributed by atoms with E-state index in [1.165, 1.54) is 11.1 Å². The van der Waals surface area contributed by atoms with E-state index < -0.39 is 0 Å². The molecule has 2 aromatic rings. The van der Waals surface area contributed by atoms with Crippen molar-refractivity contribution in [1.82, 2.24) is 4.98 Å². The van der Waals surface area contributed by atoms with Crippen LogP contribution in [0.25, 0.3) is 22.6 Å². The van der Waals surface area contributed by atoms with Gasteiger partial charge in [-0.2, -0.15) is 0 Å². The Labute approximate surface area is 158 Å². The largest absolute Gasteiger partial charge is 0.453 e. The average Bonchev–Trinajstić information content (AvgIpc) is 2.67.